The summed E-state index contributed by atoms with van der Waals surface area (Å²) in [5, 5.41) is 3.36. The number of rotatable bonds is 3. The Hall–Kier alpha value is -0.600. The molecule has 0 saturated heterocycles. The number of hydrogen-bond donors (Lipinski definition) is 2. The highest BCUT2D eigenvalue weighted by atomic mass is 14.9. The molecule has 2 unspecified atom stereocenters. The summed E-state index contributed by atoms with van der Waals surface area (Å²) < 4.78 is 0. The van der Waals surface area contributed by atoms with E-state index in [4.69, 9.17) is 5.73 Å². The van der Waals surface area contributed by atoms with Crippen molar-refractivity contribution in [3.63, 3.8) is 0 Å². The molecule has 0 spiro atoms. The van der Waals surface area contributed by atoms with Crippen molar-refractivity contribution in [3.05, 3.63) is 24.3 Å². The van der Waals surface area contributed by atoms with E-state index in [9.17, 15) is 0 Å². The summed E-state index contributed by atoms with van der Waals surface area (Å²) in [6.07, 6.45) is 9.57. The van der Waals surface area contributed by atoms with Crippen molar-refractivity contribution < 1.29 is 0 Å². The van der Waals surface area contributed by atoms with Gasteiger partial charge in [0.15, 0.2) is 0 Å². The van der Waals surface area contributed by atoms with Crippen LogP contribution in [0.3, 0.4) is 0 Å². The van der Waals surface area contributed by atoms with Crippen molar-refractivity contribution in [1.29, 1.82) is 0 Å². The standard InChI is InChI=1S/C9H16N2/c1-8(10)7-11-9-5-3-2-4-6-9/h2-5,8-9,11H,6-7,10H2,1H3. The molecule has 0 amide bonds. The first-order chi connectivity index (χ1) is 5.29. The summed E-state index contributed by atoms with van der Waals surface area (Å²) in [6, 6.07) is 0.736. The average molecular weight is 152 g/mol. The Balaban J connectivity index is 2.17. The second-order valence-corrected chi connectivity index (χ2v) is 3.04. The van der Waals surface area contributed by atoms with E-state index in [1.54, 1.807) is 0 Å². The van der Waals surface area contributed by atoms with Crippen LogP contribution < -0.4 is 11.1 Å². The maximum absolute atomic E-state index is 5.60. The fourth-order valence-electron chi connectivity index (χ4n) is 1.07. The van der Waals surface area contributed by atoms with Crippen molar-refractivity contribution >= 4 is 0 Å². The predicted octanol–water partition coefficient (Wildman–Crippen LogP) is 0.808. The third-order valence-electron chi connectivity index (χ3n) is 1.68. The Morgan fingerprint density at radius 3 is 3.00 bits per heavy atom. The lowest BCUT2D eigenvalue weighted by Crippen LogP contribution is -2.37. The van der Waals surface area contributed by atoms with Gasteiger partial charge in [-0.1, -0.05) is 24.3 Å². The molecular weight excluding hydrogens is 136 g/mol. The van der Waals surface area contributed by atoms with Crippen LogP contribution in [0.4, 0.5) is 0 Å². The fraction of sp³-hybridized carbons (Fsp3) is 0.556. The Morgan fingerprint density at radius 2 is 2.45 bits per heavy atom. The zero-order valence-corrected chi connectivity index (χ0v) is 6.96. The molecule has 2 heteroatoms. The molecule has 1 aliphatic carbocycles. The van der Waals surface area contributed by atoms with Gasteiger partial charge in [-0.2, -0.15) is 0 Å². The molecule has 0 aromatic rings. The van der Waals surface area contributed by atoms with E-state index in [0.29, 0.717) is 6.04 Å². The van der Waals surface area contributed by atoms with Crippen LogP contribution in [0.15, 0.2) is 24.3 Å². The lowest BCUT2D eigenvalue weighted by molar-refractivity contribution is 0.550. The number of nitrogens with one attached hydrogen (secondary N) is 1. The van der Waals surface area contributed by atoms with Crippen molar-refractivity contribution in [1.82, 2.24) is 5.32 Å². The van der Waals surface area contributed by atoms with Crippen LogP contribution in [-0.4, -0.2) is 18.6 Å². The third-order valence-corrected chi connectivity index (χ3v) is 1.68. The topological polar surface area (TPSA) is 38.0 Å². The van der Waals surface area contributed by atoms with E-state index in [0.717, 1.165) is 13.0 Å². The van der Waals surface area contributed by atoms with E-state index in [-0.39, 0.29) is 6.04 Å². The monoisotopic (exact) mass is 152 g/mol. The van der Waals surface area contributed by atoms with Crippen LogP contribution in [0, 0.1) is 0 Å². The van der Waals surface area contributed by atoms with Gasteiger partial charge < -0.3 is 11.1 Å². The molecule has 1 rings (SSSR count). The minimum absolute atomic E-state index is 0.245. The second-order valence-electron chi connectivity index (χ2n) is 3.04. The summed E-state index contributed by atoms with van der Waals surface area (Å²) in [7, 11) is 0. The van der Waals surface area contributed by atoms with Crippen molar-refractivity contribution in [2.45, 2.75) is 25.4 Å². The quantitative estimate of drug-likeness (QED) is 0.628. The molecular formula is C9H16N2. The largest absolute Gasteiger partial charge is 0.327 e. The van der Waals surface area contributed by atoms with Crippen LogP contribution >= 0.6 is 0 Å². The van der Waals surface area contributed by atoms with Crippen molar-refractivity contribution in [2.75, 3.05) is 6.54 Å². The van der Waals surface area contributed by atoms with Gasteiger partial charge in [0.1, 0.15) is 0 Å². The van der Waals surface area contributed by atoms with Gasteiger partial charge in [0.25, 0.3) is 0 Å². The predicted molar refractivity (Wildman–Crippen MR) is 48.3 cm³/mol. The van der Waals surface area contributed by atoms with Crippen LogP contribution in [0.5, 0.6) is 0 Å². The highest BCUT2D eigenvalue weighted by molar-refractivity contribution is 5.13. The summed E-state index contributed by atoms with van der Waals surface area (Å²) in [5.41, 5.74) is 5.60. The van der Waals surface area contributed by atoms with E-state index in [1.807, 2.05) is 6.92 Å². The average Bonchev–Trinajstić information content (AvgIpc) is 2.03. The SMILES string of the molecule is CC(N)CNC1C=CC=CC1. The maximum Gasteiger partial charge on any atom is 0.0288 e. The summed E-state index contributed by atoms with van der Waals surface area (Å²) in [5.74, 6) is 0. The molecule has 0 radical (unpaired) electrons. The van der Waals surface area contributed by atoms with Gasteiger partial charge in [-0.25, -0.2) is 0 Å². The first-order valence-corrected chi connectivity index (χ1v) is 4.11. The van der Waals surface area contributed by atoms with Gasteiger partial charge in [0.05, 0.1) is 0 Å². The Kier molecular flexibility index (Phi) is 3.33. The molecule has 2 atom stereocenters. The maximum atomic E-state index is 5.60. The molecule has 11 heavy (non-hydrogen) atoms. The molecule has 1 aliphatic rings. The minimum Gasteiger partial charge on any atom is -0.327 e. The van der Waals surface area contributed by atoms with E-state index >= 15 is 0 Å². The molecule has 3 N–H and O–H groups in total. The van der Waals surface area contributed by atoms with E-state index in [1.165, 1.54) is 0 Å². The van der Waals surface area contributed by atoms with Gasteiger partial charge in [-0.15, -0.1) is 0 Å². The fourth-order valence-corrected chi connectivity index (χ4v) is 1.07. The molecule has 0 aromatic heterocycles. The number of hydrogen-bond acceptors (Lipinski definition) is 2. The molecule has 0 aromatic carbocycles. The molecule has 0 aliphatic heterocycles. The van der Waals surface area contributed by atoms with Gasteiger partial charge in [0, 0.05) is 18.6 Å². The van der Waals surface area contributed by atoms with Crippen LogP contribution in [0.2, 0.25) is 0 Å². The van der Waals surface area contributed by atoms with Gasteiger partial charge in [-0.05, 0) is 13.3 Å². The smallest absolute Gasteiger partial charge is 0.0288 e. The summed E-state index contributed by atoms with van der Waals surface area (Å²) >= 11 is 0. The number of nitrogens with two attached hydrogens (primary N) is 1. The van der Waals surface area contributed by atoms with Gasteiger partial charge in [-0.3, -0.25) is 0 Å². The number of allylic oxidation sites excluding steroid dienone is 2. The summed E-state index contributed by atoms with van der Waals surface area (Å²) in [4.78, 5) is 0. The van der Waals surface area contributed by atoms with E-state index in [2.05, 4.69) is 29.6 Å². The zero-order valence-electron chi connectivity index (χ0n) is 6.96. The molecule has 0 fully saturated rings. The van der Waals surface area contributed by atoms with Gasteiger partial charge in [0.2, 0.25) is 0 Å². The molecule has 0 bridgehead atoms. The first kappa shape index (κ1) is 8.50. The highest BCUT2D eigenvalue weighted by Gasteiger charge is 2.03. The minimum atomic E-state index is 0.245. The Labute approximate surface area is 68.2 Å². The van der Waals surface area contributed by atoms with Crippen LogP contribution in [0.1, 0.15) is 13.3 Å². The lowest BCUT2D eigenvalue weighted by atomic mass is 10.1. The lowest BCUT2D eigenvalue weighted by Gasteiger charge is -2.16. The van der Waals surface area contributed by atoms with Crippen molar-refractivity contribution in [3.8, 4) is 0 Å². The zero-order chi connectivity index (χ0) is 8.10. The van der Waals surface area contributed by atoms with Crippen molar-refractivity contribution in [2.24, 2.45) is 5.73 Å². The third kappa shape index (κ3) is 3.35. The molecule has 0 heterocycles. The van der Waals surface area contributed by atoms with Crippen LogP contribution in [-0.2, 0) is 0 Å². The van der Waals surface area contributed by atoms with E-state index < -0.39 is 0 Å². The molecule has 2 nitrogen and oxygen atoms in total. The second kappa shape index (κ2) is 4.31. The highest BCUT2D eigenvalue weighted by Crippen LogP contribution is 2.01. The molecule has 0 saturated carbocycles. The normalized spacial score (nSPS) is 25.5. The summed E-state index contributed by atoms with van der Waals surface area (Å²) in [6.45, 7) is 2.90. The van der Waals surface area contributed by atoms with Gasteiger partial charge >= 0.3 is 0 Å². The van der Waals surface area contributed by atoms with Crippen LogP contribution in [0.25, 0.3) is 0 Å². The molecule has 62 valence electrons. The Morgan fingerprint density at radius 1 is 1.64 bits per heavy atom. The first-order valence-electron chi connectivity index (χ1n) is 4.11. The Bertz CT molecular complexity index is 159.